The lowest BCUT2D eigenvalue weighted by molar-refractivity contribution is -0.155. The molecule has 0 bridgehead atoms. The number of ether oxygens (including phenoxy) is 2. The third-order valence-corrected chi connectivity index (χ3v) is 3.17. The molecule has 1 aromatic rings. The molecule has 0 radical (unpaired) electrons. The van der Waals surface area contributed by atoms with Crippen LogP contribution >= 0.6 is 0 Å². The Balaban J connectivity index is 2.14. The largest absolute Gasteiger partial charge is 0.497 e. The number of hydrogen-bond donors (Lipinski definition) is 1. The highest BCUT2D eigenvalue weighted by atomic mass is 16.5. The Morgan fingerprint density at radius 3 is 2.24 bits per heavy atom. The fourth-order valence-electron chi connectivity index (χ4n) is 1.82. The molecule has 17 heavy (non-hydrogen) atoms. The molecule has 2 rings (SSSR count). The highest BCUT2D eigenvalue weighted by Crippen LogP contribution is 2.42. The van der Waals surface area contributed by atoms with Gasteiger partial charge in [-0.3, -0.25) is 0 Å². The Bertz CT molecular complexity index is 408. The Labute approximate surface area is 100 Å². The van der Waals surface area contributed by atoms with Crippen molar-refractivity contribution in [2.45, 2.75) is 25.4 Å². The molecule has 0 aromatic heterocycles. The molecular weight excluding hydrogens is 220 g/mol. The summed E-state index contributed by atoms with van der Waals surface area (Å²) in [6.07, 6.45) is 1.83. The number of carboxylic acid groups (broad SMARTS) is 1. The van der Waals surface area contributed by atoms with Gasteiger partial charge in [-0.25, -0.2) is 4.79 Å². The van der Waals surface area contributed by atoms with E-state index in [2.05, 4.69) is 0 Å². The van der Waals surface area contributed by atoms with Crippen LogP contribution in [-0.4, -0.2) is 23.8 Å². The van der Waals surface area contributed by atoms with Gasteiger partial charge >= 0.3 is 5.97 Å². The number of rotatable bonds is 5. The van der Waals surface area contributed by atoms with Gasteiger partial charge in [0.05, 0.1) is 7.11 Å². The van der Waals surface area contributed by atoms with Gasteiger partial charge in [0, 0.05) is 5.92 Å². The number of carbonyl (C=O) groups is 1. The van der Waals surface area contributed by atoms with Gasteiger partial charge in [-0.15, -0.1) is 0 Å². The summed E-state index contributed by atoms with van der Waals surface area (Å²) in [6.45, 7) is 1.64. The van der Waals surface area contributed by atoms with Crippen LogP contribution in [0.3, 0.4) is 0 Å². The topological polar surface area (TPSA) is 55.8 Å². The lowest BCUT2D eigenvalue weighted by Gasteiger charge is -2.26. The van der Waals surface area contributed by atoms with E-state index >= 15 is 0 Å². The molecule has 0 saturated heterocycles. The maximum Gasteiger partial charge on any atom is 0.348 e. The molecule has 1 aromatic carbocycles. The average molecular weight is 236 g/mol. The van der Waals surface area contributed by atoms with Crippen LogP contribution in [0.25, 0.3) is 0 Å². The highest BCUT2D eigenvalue weighted by molar-refractivity contribution is 5.78. The maximum absolute atomic E-state index is 11.3. The summed E-state index contributed by atoms with van der Waals surface area (Å²) in [5, 5.41) is 9.26. The predicted molar refractivity (Wildman–Crippen MR) is 62.4 cm³/mol. The van der Waals surface area contributed by atoms with Crippen molar-refractivity contribution in [1.29, 1.82) is 0 Å². The van der Waals surface area contributed by atoms with E-state index in [1.807, 2.05) is 0 Å². The second-order valence-corrected chi connectivity index (χ2v) is 4.46. The smallest absolute Gasteiger partial charge is 0.348 e. The molecule has 1 saturated carbocycles. The van der Waals surface area contributed by atoms with Crippen molar-refractivity contribution in [2.24, 2.45) is 5.92 Å². The first kappa shape index (κ1) is 11.8. The van der Waals surface area contributed by atoms with Crippen LogP contribution in [0.5, 0.6) is 11.5 Å². The molecule has 1 unspecified atom stereocenters. The summed E-state index contributed by atoms with van der Waals surface area (Å²) in [5.74, 6) is 0.487. The van der Waals surface area contributed by atoms with Gasteiger partial charge in [0.15, 0.2) is 0 Å². The average Bonchev–Trinajstić information content (AvgIpc) is 3.13. The second-order valence-electron chi connectivity index (χ2n) is 4.46. The Kier molecular flexibility index (Phi) is 2.96. The van der Waals surface area contributed by atoms with Crippen molar-refractivity contribution in [3.05, 3.63) is 24.3 Å². The Morgan fingerprint density at radius 2 is 1.82 bits per heavy atom. The minimum absolute atomic E-state index is 0.113. The van der Waals surface area contributed by atoms with E-state index in [1.54, 1.807) is 38.3 Å². The number of methoxy groups -OCH3 is 1. The molecule has 1 aliphatic rings. The normalized spacial score (nSPS) is 18.2. The van der Waals surface area contributed by atoms with Crippen LogP contribution in [0.15, 0.2) is 24.3 Å². The van der Waals surface area contributed by atoms with Crippen LogP contribution in [0, 0.1) is 5.92 Å². The van der Waals surface area contributed by atoms with E-state index in [0.717, 1.165) is 18.6 Å². The molecular formula is C13H16O4. The molecule has 0 spiro atoms. The zero-order valence-corrected chi connectivity index (χ0v) is 9.97. The summed E-state index contributed by atoms with van der Waals surface area (Å²) in [4.78, 5) is 11.3. The molecule has 1 aliphatic carbocycles. The lowest BCUT2D eigenvalue weighted by atomic mass is 10.0. The van der Waals surface area contributed by atoms with Crippen LogP contribution in [-0.2, 0) is 4.79 Å². The van der Waals surface area contributed by atoms with Gasteiger partial charge in [0.25, 0.3) is 0 Å². The first-order valence-electron chi connectivity index (χ1n) is 5.62. The van der Waals surface area contributed by atoms with Crippen LogP contribution < -0.4 is 9.47 Å². The third-order valence-electron chi connectivity index (χ3n) is 3.17. The highest BCUT2D eigenvalue weighted by Gasteiger charge is 2.49. The van der Waals surface area contributed by atoms with E-state index in [9.17, 15) is 9.90 Å². The quantitative estimate of drug-likeness (QED) is 0.852. The molecule has 0 heterocycles. The van der Waals surface area contributed by atoms with Crippen molar-refractivity contribution >= 4 is 5.97 Å². The zero-order valence-electron chi connectivity index (χ0n) is 9.97. The summed E-state index contributed by atoms with van der Waals surface area (Å²) in [7, 11) is 1.58. The number of aliphatic carboxylic acids is 1. The van der Waals surface area contributed by atoms with Crippen molar-refractivity contribution in [3.8, 4) is 11.5 Å². The Hall–Kier alpha value is -1.71. The molecule has 0 aliphatic heterocycles. The molecule has 92 valence electrons. The minimum atomic E-state index is -1.12. The van der Waals surface area contributed by atoms with Gasteiger partial charge in [-0.05, 0) is 44.0 Å². The van der Waals surface area contributed by atoms with Gasteiger partial charge in [-0.2, -0.15) is 0 Å². The van der Waals surface area contributed by atoms with Gasteiger partial charge in [0.2, 0.25) is 5.60 Å². The summed E-state index contributed by atoms with van der Waals surface area (Å²) >= 11 is 0. The van der Waals surface area contributed by atoms with E-state index < -0.39 is 11.6 Å². The third kappa shape index (κ3) is 2.35. The lowest BCUT2D eigenvalue weighted by Crippen LogP contribution is -2.43. The summed E-state index contributed by atoms with van der Waals surface area (Å²) in [6, 6.07) is 6.96. The summed E-state index contributed by atoms with van der Waals surface area (Å²) in [5.41, 5.74) is -1.12. The van der Waals surface area contributed by atoms with Crippen molar-refractivity contribution in [2.75, 3.05) is 7.11 Å². The molecule has 1 atom stereocenters. The van der Waals surface area contributed by atoms with Crippen LogP contribution in [0.4, 0.5) is 0 Å². The van der Waals surface area contributed by atoms with E-state index in [4.69, 9.17) is 9.47 Å². The van der Waals surface area contributed by atoms with E-state index in [1.165, 1.54) is 0 Å². The van der Waals surface area contributed by atoms with Gasteiger partial charge in [-0.1, -0.05) is 0 Å². The zero-order chi connectivity index (χ0) is 12.5. The fourth-order valence-corrected chi connectivity index (χ4v) is 1.82. The first-order valence-corrected chi connectivity index (χ1v) is 5.62. The van der Waals surface area contributed by atoms with Crippen molar-refractivity contribution < 1.29 is 19.4 Å². The number of carboxylic acids is 1. The molecule has 1 N–H and O–H groups in total. The molecule has 4 heteroatoms. The molecule has 0 amide bonds. The second kappa shape index (κ2) is 4.28. The monoisotopic (exact) mass is 236 g/mol. The predicted octanol–water partition coefficient (Wildman–Crippen LogP) is 2.33. The van der Waals surface area contributed by atoms with E-state index in [-0.39, 0.29) is 5.92 Å². The van der Waals surface area contributed by atoms with Crippen molar-refractivity contribution in [3.63, 3.8) is 0 Å². The molecule has 4 nitrogen and oxygen atoms in total. The van der Waals surface area contributed by atoms with Crippen molar-refractivity contribution in [1.82, 2.24) is 0 Å². The molecule has 1 fully saturated rings. The fraction of sp³-hybridized carbons (Fsp3) is 0.462. The maximum atomic E-state index is 11.3. The SMILES string of the molecule is COc1ccc(OC(C)(C(=O)O)C2CC2)cc1. The van der Waals surface area contributed by atoms with Gasteiger partial charge in [0.1, 0.15) is 11.5 Å². The van der Waals surface area contributed by atoms with E-state index in [0.29, 0.717) is 5.75 Å². The number of hydrogen-bond acceptors (Lipinski definition) is 3. The minimum Gasteiger partial charge on any atom is -0.497 e. The summed E-state index contributed by atoms with van der Waals surface area (Å²) < 4.78 is 10.7. The Morgan fingerprint density at radius 1 is 1.29 bits per heavy atom. The van der Waals surface area contributed by atoms with Crippen LogP contribution in [0.2, 0.25) is 0 Å². The first-order chi connectivity index (χ1) is 8.06. The van der Waals surface area contributed by atoms with Gasteiger partial charge < -0.3 is 14.6 Å². The van der Waals surface area contributed by atoms with Crippen LogP contribution in [0.1, 0.15) is 19.8 Å². The number of benzene rings is 1. The standard InChI is InChI=1S/C13H16O4/c1-13(12(14)15,9-3-4-9)17-11-7-5-10(16-2)6-8-11/h5-9H,3-4H2,1-2H3,(H,14,15).